The molecule has 0 radical (unpaired) electrons. The third-order valence-electron chi connectivity index (χ3n) is 3.09. The lowest BCUT2D eigenvalue weighted by molar-refractivity contribution is 1.19. The minimum absolute atomic E-state index is 1.06. The summed E-state index contributed by atoms with van der Waals surface area (Å²) < 4.78 is 0. The van der Waals surface area contributed by atoms with Crippen LogP contribution in [0.2, 0.25) is 0 Å². The second kappa shape index (κ2) is 3.60. The molecule has 1 aliphatic rings. The van der Waals surface area contributed by atoms with Gasteiger partial charge in [0.1, 0.15) is 0 Å². The van der Waals surface area contributed by atoms with Crippen LogP contribution in [0.15, 0.2) is 54.2 Å². The molecular formula is C15H13N. The average molecular weight is 207 g/mol. The summed E-state index contributed by atoms with van der Waals surface area (Å²) >= 11 is 0. The van der Waals surface area contributed by atoms with Crippen LogP contribution in [0.1, 0.15) is 23.7 Å². The Bertz CT molecular complexity index is 553. The number of hydrogen-bond acceptors (Lipinski definition) is 1. The molecule has 0 fully saturated rings. The zero-order chi connectivity index (χ0) is 11.0. The first-order chi connectivity index (χ1) is 7.86. The van der Waals surface area contributed by atoms with Crippen molar-refractivity contribution in [3.05, 3.63) is 71.1 Å². The second-order valence-corrected chi connectivity index (χ2v) is 4.20. The molecule has 0 unspecified atom stereocenters. The molecule has 1 heteroatoms. The van der Waals surface area contributed by atoms with Gasteiger partial charge in [0.15, 0.2) is 0 Å². The van der Waals surface area contributed by atoms with Crippen molar-refractivity contribution >= 4 is 5.57 Å². The van der Waals surface area contributed by atoms with Gasteiger partial charge in [-0.2, -0.15) is 0 Å². The van der Waals surface area contributed by atoms with Gasteiger partial charge in [-0.3, -0.25) is 4.98 Å². The maximum absolute atomic E-state index is 4.45. The molecule has 1 aromatic heterocycles. The minimum Gasteiger partial charge on any atom is -0.256 e. The number of hydrogen-bond donors (Lipinski definition) is 0. The molecule has 0 aliphatic heterocycles. The maximum Gasteiger partial charge on any atom is 0.0707 e. The molecule has 0 N–H and O–H groups in total. The molecular weight excluding hydrogens is 194 g/mol. The average Bonchev–Trinajstić information content (AvgIpc) is 2.66. The summed E-state index contributed by atoms with van der Waals surface area (Å²) in [5.74, 6) is 0. The Morgan fingerprint density at radius 3 is 2.62 bits per heavy atom. The fourth-order valence-corrected chi connectivity index (χ4v) is 2.39. The molecule has 0 spiro atoms. The molecule has 16 heavy (non-hydrogen) atoms. The molecule has 1 aromatic carbocycles. The van der Waals surface area contributed by atoms with E-state index in [0.717, 1.165) is 12.1 Å². The lowest BCUT2D eigenvalue weighted by Gasteiger charge is -2.05. The van der Waals surface area contributed by atoms with Crippen LogP contribution in [0.3, 0.4) is 0 Å². The highest BCUT2D eigenvalue weighted by Gasteiger charge is 2.19. The summed E-state index contributed by atoms with van der Waals surface area (Å²) in [6.45, 7) is 2.20. The zero-order valence-electron chi connectivity index (χ0n) is 9.27. The van der Waals surface area contributed by atoms with Gasteiger partial charge in [0.05, 0.1) is 5.69 Å². The fourth-order valence-electron chi connectivity index (χ4n) is 2.39. The van der Waals surface area contributed by atoms with Crippen LogP contribution >= 0.6 is 0 Å². The van der Waals surface area contributed by atoms with Gasteiger partial charge in [-0.1, -0.05) is 35.9 Å². The van der Waals surface area contributed by atoms with Gasteiger partial charge in [-0.25, -0.2) is 0 Å². The van der Waals surface area contributed by atoms with Crippen molar-refractivity contribution in [2.24, 2.45) is 0 Å². The van der Waals surface area contributed by atoms with Crippen molar-refractivity contribution in [3.63, 3.8) is 0 Å². The quantitative estimate of drug-likeness (QED) is 0.697. The van der Waals surface area contributed by atoms with Gasteiger partial charge < -0.3 is 0 Å². The Kier molecular flexibility index (Phi) is 2.10. The van der Waals surface area contributed by atoms with E-state index in [1.165, 1.54) is 22.3 Å². The standard InChI is InChI=1S/C15H13N/c1-11-10-12-6-2-3-7-13(12)15(11)14-8-4-5-9-16-14/h2-9H,10H2,1H3. The summed E-state index contributed by atoms with van der Waals surface area (Å²) in [5, 5.41) is 0. The largest absolute Gasteiger partial charge is 0.256 e. The normalized spacial score (nSPS) is 14.1. The SMILES string of the molecule is CC1=C(c2ccccn2)c2ccccc2C1. The third-order valence-corrected chi connectivity index (χ3v) is 3.09. The van der Waals surface area contributed by atoms with Crippen molar-refractivity contribution in [3.8, 4) is 0 Å². The molecule has 0 bridgehead atoms. The molecule has 0 amide bonds. The monoisotopic (exact) mass is 207 g/mol. The number of nitrogens with zero attached hydrogens (tertiary/aromatic N) is 1. The number of rotatable bonds is 1. The zero-order valence-corrected chi connectivity index (χ0v) is 9.27. The molecule has 0 saturated carbocycles. The van der Waals surface area contributed by atoms with E-state index in [-0.39, 0.29) is 0 Å². The Balaban J connectivity index is 2.19. The van der Waals surface area contributed by atoms with Crippen LogP contribution in [0.25, 0.3) is 5.57 Å². The Labute approximate surface area is 95.5 Å². The second-order valence-electron chi connectivity index (χ2n) is 4.20. The highest BCUT2D eigenvalue weighted by molar-refractivity contribution is 5.85. The highest BCUT2D eigenvalue weighted by Crippen LogP contribution is 2.35. The first kappa shape index (κ1) is 9.34. The molecule has 3 rings (SSSR count). The summed E-state index contributed by atoms with van der Waals surface area (Å²) in [5.41, 5.74) is 6.58. The van der Waals surface area contributed by atoms with Crippen molar-refractivity contribution < 1.29 is 0 Å². The molecule has 78 valence electrons. The summed E-state index contributed by atoms with van der Waals surface area (Å²) in [6, 6.07) is 14.7. The first-order valence-corrected chi connectivity index (χ1v) is 5.55. The Hall–Kier alpha value is -1.89. The number of fused-ring (bicyclic) bond motifs is 1. The van der Waals surface area contributed by atoms with Crippen LogP contribution < -0.4 is 0 Å². The van der Waals surface area contributed by atoms with Crippen LogP contribution in [0.4, 0.5) is 0 Å². The van der Waals surface area contributed by atoms with Crippen molar-refractivity contribution in [2.45, 2.75) is 13.3 Å². The number of allylic oxidation sites excluding steroid dienone is 1. The van der Waals surface area contributed by atoms with E-state index in [2.05, 4.69) is 42.2 Å². The lowest BCUT2D eigenvalue weighted by Crippen LogP contribution is -1.89. The molecule has 0 saturated heterocycles. The summed E-state index contributed by atoms with van der Waals surface area (Å²) in [7, 11) is 0. The Morgan fingerprint density at radius 1 is 1.00 bits per heavy atom. The molecule has 0 atom stereocenters. The molecule has 1 heterocycles. The van der Waals surface area contributed by atoms with Gasteiger partial charge in [-0.05, 0) is 36.6 Å². The smallest absolute Gasteiger partial charge is 0.0707 e. The number of benzene rings is 1. The van der Waals surface area contributed by atoms with Gasteiger partial charge in [0.25, 0.3) is 0 Å². The van der Waals surface area contributed by atoms with Crippen molar-refractivity contribution in [2.75, 3.05) is 0 Å². The van der Waals surface area contributed by atoms with Gasteiger partial charge >= 0.3 is 0 Å². The van der Waals surface area contributed by atoms with E-state index in [4.69, 9.17) is 0 Å². The minimum atomic E-state index is 1.06. The first-order valence-electron chi connectivity index (χ1n) is 5.55. The third kappa shape index (κ3) is 1.36. The van der Waals surface area contributed by atoms with Gasteiger partial charge in [0.2, 0.25) is 0 Å². The van der Waals surface area contributed by atoms with Crippen LogP contribution in [-0.2, 0) is 6.42 Å². The van der Waals surface area contributed by atoms with Crippen LogP contribution in [-0.4, -0.2) is 4.98 Å². The summed E-state index contributed by atoms with van der Waals surface area (Å²) in [6.07, 6.45) is 2.92. The number of pyridine rings is 1. The van der Waals surface area contributed by atoms with Gasteiger partial charge in [-0.15, -0.1) is 0 Å². The highest BCUT2D eigenvalue weighted by atomic mass is 14.7. The van der Waals surface area contributed by atoms with Gasteiger partial charge in [0, 0.05) is 11.8 Å². The van der Waals surface area contributed by atoms with E-state index >= 15 is 0 Å². The van der Waals surface area contributed by atoms with E-state index in [1.54, 1.807) is 0 Å². The van der Waals surface area contributed by atoms with E-state index in [0.29, 0.717) is 0 Å². The van der Waals surface area contributed by atoms with Crippen LogP contribution in [0, 0.1) is 0 Å². The molecule has 1 nitrogen and oxygen atoms in total. The van der Waals surface area contributed by atoms with Crippen LogP contribution in [0.5, 0.6) is 0 Å². The molecule has 1 aliphatic carbocycles. The van der Waals surface area contributed by atoms with E-state index < -0.39 is 0 Å². The topological polar surface area (TPSA) is 12.9 Å². The summed E-state index contributed by atoms with van der Waals surface area (Å²) in [4.78, 5) is 4.45. The van der Waals surface area contributed by atoms with E-state index in [9.17, 15) is 0 Å². The van der Waals surface area contributed by atoms with E-state index in [1.807, 2.05) is 18.3 Å². The molecule has 2 aromatic rings. The predicted octanol–water partition coefficient (Wildman–Crippen LogP) is 3.46. The lowest BCUT2D eigenvalue weighted by atomic mass is 10.0. The Morgan fingerprint density at radius 2 is 1.81 bits per heavy atom. The maximum atomic E-state index is 4.45. The van der Waals surface area contributed by atoms with Crippen molar-refractivity contribution in [1.82, 2.24) is 4.98 Å². The fraction of sp³-hybridized carbons (Fsp3) is 0.133. The van der Waals surface area contributed by atoms with Crippen molar-refractivity contribution in [1.29, 1.82) is 0 Å². The predicted molar refractivity (Wildman–Crippen MR) is 66.1 cm³/mol. The number of aromatic nitrogens is 1.